The number of carbonyl (C=O) groups excluding carboxylic acids is 12. The highest BCUT2D eigenvalue weighted by molar-refractivity contribution is 6.01. The zero-order valence-corrected chi connectivity index (χ0v) is 64.6. The van der Waals surface area contributed by atoms with Gasteiger partial charge in [0.2, 0.25) is 70.9 Å². The molecule has 0 unspecified atom stereocenters. The van der Waals surface area contributed by atoms with Crippen LogP contribution in [0.1, 0.15) is 160 Å². The van der Waals surface area contributed by atoms with Gasteiger partial charge in [-0.05, 0) is 138 Å². The van der Waals surface area contributed by atoms with Crippen molar-refractivity contribution in [1.82, 2.24) is 60.0 Å². The van der Waals surface area contributed by atoms with Gasteiger partial charge in [0.15, 0.2) is 0 Å². The molecule has 3 N–H and O–H groups in total. The number of hydrogen-bond donors (Lipinski definition) is 3. The average molecular weight is 1560 g/mol. The fraction of sp³-hybridized carbons (Fsp3) is 0.662. The number of nitrogens with zero attached hydrogens (tertiary/aromatic N) is 9. The van der Waals surface area contributed by atoms with E-state index in [2.05, 4.69) is 16.0 Å². The molecule has 3 heterocycles. The first-order valence-corrected chi connectivity index (χ1v) is 38.2. The molecular formula is C77H106F8N12O13. The lowest BCUT2D eigenvalue weighted by Gasteiger charge is -2.47. The number of aryl methyl sites for hydroxylation is 1. The minimum atomic E-state index is -5.46. The molecule has 25 nitrogen and oxygen atoms in total. The van der Waals surface area contributed by atoms with Crippen LogP contribution in [0.15, 0.2) is 48.6 Å². The molecule has 12 amide bonds. The Morgan fingerprint density at radius 1 is 0.655 bits per heavy atom. The molecule has 5 fully saturated rings. The molecule has 8 rings (SSSR count). The highest BCUT2D eigenvalue weighted by atomic mass is 19.4. The number of nitrogens with one attached hydrogen (secondary N) is 3. The summed E-state index contributed by atoms with van der Waals surface area (Å²) in [5.74, 6) is -14.9. The van der Waals surface area contributed by atoms with Gasteiger partial charge < -0.3 is 64.8 Å². The lowest BCUT2D eigenvalue weighted by molar-refractivity contribution is -0.158. The quantitative estimate of drug-likeness (QED) is 0.131. The maximum Gasteiger partial charge on any atom is 0.422 e. The maximum atomic E-state index is 15.7. The van der Waals surface area contributed by atoms with E-state index >= 15 is 42.3 Å². The van der Waals surface area contributed by atoms with Gasteiger partial charge in [0.05, 0.1) is 31.2 Å². The van der Waals surface area contributed by atoms with Crippen molar-refractivity contribution >= 4 is 70.9 Å². The number of hydrogen-bond acceptors (Lipinski definition) is 13. The third kappa shape index (κ3) is 20.5. The molecule has 608 valence electrons. The van der Waals surface area contributed by atoms with Gasteiger partial charge in [0, 0.05) is 87.9 Å². The van der Waals surface area contributed by atoms with Gasteiger partial charge >= 0.3 is 12.4 Å². The second-order valence-electron chi connectivity index (χ2n) is 30.3. The standard InChI is InChI=1S/C77H106F8N12O13/c1-12-45(5)64-72(107)90(7)44-62(100)91(8)55-24-17-16-20-35-96(71(55)106)59(39-47-27-30-50(31-28-47)76(80,81)82)69(104)89(6)43-60(98)86-54(32-29-48-36-52(78)63(53(79)37-48)77(83,84)85)68(103)97-42-51(110-15-4)40-57(97)67(102)88-75(33-21-34-75)74(109)94(11)65(49-22-18-19-23-49)73(108)93(10)58(70(105)95(13-2)14-3)41-61(99)92(9)56(66(101)87-64)38-46-25-26-46/h16-17,27-28,30-31,36-37,45-46,49,51,54-59,64-65H,12-15,18-26,29,32-35,38-44H2,1-11H3,(H,86,98)(H,87,101)(H,88,102)/b17-16-/t45-,51+,54-,55-,56-,57-,58-,59-,64-,65-/m0/s1. The Hall–Kier alpha value is -8.78. The second-order valence-corrected chi connectivity index (χ2v) is 30.3. The Labute approximate surface area is 636 Å². The van der Waals surface area contributed by atoms with Gasteiger partial charge in [-0.2, -0.15) is 26.3 Å². The van der Waals surface area contributed by atoms with Crippen molar-refractivity contribution in [3.63, 3.8) is 0 Å². The Morgan fingerprint density at radius 2 is 1.28 bits per heavy atom. The number of halogens is 8. The third-order valence-electron chi connectivity index (χ3n) is 22.9. The summed E-state index contributed by atoms with van der Waals surface area (Å²) >= 11 is 0. The lowest BCUT2D eigenvalue weighted by atomic mass is 9.74. The Bertz CT molecular complexity index is 3710. The monoisotopic (exact) mass is 1560 g/mol. The Morgan fingerprint density at radius 3 is 1.85 bits per heavy atom. The first kappa shape index (κ1) is 86.8. The Balaban J connectivity index is 1.23. The molecule has 0 aromatic heterocycles. The van der Waals surface area contributed by atoms with E-state index in [4.69, 9.17) is 4.74 Å². The summed E-state index contributed by atoms with van der Waals surface area (Å²) in [6.07, 6.45) is -5.76. The molecule has 6 aliphatic rings. The number of fused-ring (bicyclic) bond motifs is 3. The van der Waals surface area contributed by atoms with Crippen LogP contribution in [0.2, 0.25) is 0 Å². The van der Waals surface area contributed by atoms with Gasteiger partial charge in [-0.1, -0.05) is 70.2 Å². The van der Waals surface area contributed by atoms with Crippen LogP contribution in [0.5, 0.6) is 0 Å². The third-order valence-corrected chi connectivity index (χ3v) is 22.9. The van der Waals surface area contributed by atoms with Crippen LogP contribution >= 0.6 is 0 Å². The molecule has 1 spiro atoms. The smallest absolute Gasteiger partial charge is 0.377 e. The summed E-state index contributed by atoms with van der Waals surface area (Å²) in [5.41, 5.74) is -5.24. The van der Waals surface area contributed by atoms with Crippen LogP contribution in [-0.2, 0) is 87.5 Å². The van der Waals surface area contributed by atoms with Crippen molar-refractivity contribution in [2.45, 2.75) is 223 Å². The summed E-state index contributed by atoms with van der Waals surface area (Å²) in [5, 5.41) is 8.34. The number of amides is 12. The van der Waals surface area contributed by atoms with Crippen molar-refractivity contribution in [3.05, 3.63) is 82.4 Å². The fourth-order valence-corrected chi connectivity index (χ4v) is 15.7. The van der Waals surface area contributed by atoms with Crippen LogP contribution in [0.3, 0.4) is 0 Å². The number of alkyl halides is 6. The fourth-order valence-electron chi connectivity index (χ4n) is 15.7. The van der Waals surface area contributed by atoms with E-state index in [-0.39, 0.29) is 82.8 Å². The normalized spacial score (nSPS) is 26.5. The lowest BCUT2D eigenvalue weighted by Crippen LogP contribution is -2.68. The molecule has 2 saturated heterocycles. The number of rotatable bonds is 15. The minimum Gasteiger partial charge on any atom is -0.377 e. The highest BCUT2D eigenvalue weighted by Gasteiger charge is 2.54. The van der Waals surface area contributed by atoms with E-state index in [9.17, 15) is 50.3 Å². The molecule has 2 bridgehead atoms. The molecule has 3 aliphatic carbocycles. The highest BCUT2D eigenvalue weighted by Crippen LogP contribution is 2.40. The van der Waals surface area contributed by atoms with E-state index in [0.29, 0.717) is 50.7 Å². The van der Waals surface area contributed by atoms with Crippen LogP contribution in [0, 0.1) is 29.4 Å². The molecule has 3 saturated carbocycles. The molecule has 33 heteroatoms. The van der Waals surface area contributed by atoms with E-state index in [1.54, 1.807) is 46.8 Å². The van der Waals surface area contributed by atoms with Gasteiger partial charge in [0.1, 0.15) is 71.1 Å². The van der Waals surface area contributed by atoms with E-state index < -0.39 is 222 Å². The van der Waals surface area contributed by atoms with Crippen LogP contribution < -0.4 is 16.0 Å². The van der Waals surface area contributed by atoms with Crippen molar-refractivity contribution in [2.24, 2.45) is 17.8 Å². The predicted octanol–water partition coefficient (Wildman–Crippen LogP) is 6.27. The van der Waals surface area contributed by atoms with E-state index in [1.165, 1.54) is 49.9 Å². The zero-order valence-electron chi connectivity index (χ0n) is 64.6. The molecular weight excluding hydrogens is 1450 g/mol. The topological polar surface area (TPSA) is 279 Å². The predicted molar refractivity (Wildman–Crippen MR) is 386 cm³/mol. The van der Waals surface area contributed by atoms with Crippen molar-refractivity contribution < 1.29 is 97.4 Å². The van der Waals surface area contributed by atoms with E-state index in [1.807, 2.05) is 0 Å². The molecule has 3 aliphatic heterocycles. The molecule has 110 heavy (non-hydrogen) atoms. The molecule has 2 aromatic rings. The van der Waals surface area contributed by atoms with Crippen LogP contribution in [-0.4, -0.2) is 263 Å². The first-order chi connectivity index (χ1) is 51.8. The SMILES string of the molecule is CCO[C@@H]1C[C@H]2C(=O)NC3(CCC3)C(=O)N(C)[C@@H](C3CCCC3)C(=O)N(C)[C@H](C(=O)N(CC)CC)CC(=O)N(C)[C@@H](CC3CC3)C(=O)N[C@@H]([C@@H](C)CC)C(=O)N(C)CC(=O)N(C)[C@H]3C/C=C\CCN(C3=O)[C@@H](Cc3ccc(C(F)(F)F)cc3)C(=O)N(C)CC(=O)N[C@@H](CCc3cc(F)c(C(F)(F)F)c(F)c3)C(=O)N2C1. The minimum absolute atomic E-state index is 0.00691. The molecule has 10 atom stereocenters. The summed E-state index contributed by atoms with van der Waals surface area (Å²) in [6, 6.07) is -7.17. The second kappa shape index (κ2) is 37.0. The van der Waals surface area contributed by atoms with Gasteiger partial charge in [-0.15, -0.1) is 0 Å². The number of benzene rings is 2. The van der Waals surface area contributed by atoms with Crippen molar-refractivity contribution in [1.29, 1.82) is 0 Å². The molecule has 0 radical (unpaired) electrons. The van der Waals surface area contributed by atoms with Crippen molar-refractivity contribution in [3.8, 4) is 0 Å². The summed E-state index contributed by atoms with van der Waals surface area (Å²) in [4.78, 5) is 192. The number of likely N-dealkylation sites (N-methyl/N-ethyl adjacent to an activating group) is 7. The van der Waals surface area contributed by atoms with Crippen LogP contribution in [0.4, 0.5) is 35.1 Å². The van der Waals surface area contributed by atoms with Gasteiger partial charge in [0.25, 0.3) is 0 Å². The van der Waals surface area contributed by atoms with E-state index in [0.717, 1.165) is 73.6 Å². The zero-order chi connectivity index (χ0) is 81.2. The summed E-state index contributed by atoms with van der Waals surface area (Å²) in [6.45, 7) is 6.76. The largest absolute Gasteiger partial charge is 0.422 e. The Kier molecular flexibility index (Phi) is 29.2. The van der Waals surface area contributed by atoms with Crippen LogP contribution in [0.25, 0.3) is 0 Å². The van der Waals surface area contributed by atoms with Gasteiger partial charge in [-0.3, -0.25) is 57.5 Å². The summed E-state index contributed by atoms with van der Waals surface area (Å²) in [7, 11) is 7.94. The first-order valence-electron chi connectivity index (χ1n) is 38.2. The van der Waals surface area contributed by atoms with Gasteiger partial charge in [-0.25, -0.2) is 8.78 Å². The number of ether oxygens (including phenoxy) is 1. The average Bonchev–Trinajstić information content (AvgIpc) is 1.17. The van der Waals surface area contributed by atoms with Crippen molar-refractivity contribution in [2.75, 3.05) is 88.2 Å². The maximum absolute atomic E-state index is 15.7. The number of carbonyl (C=O) groups is 12. The summed E-state index contributed by atoms with van der Waals surface area (Å²) < 4.78 is 120. The molecule has 2 aromatic carbocycles.